The van der Waals surface area contributed by atoms with Crippen molar-refractivity contribution in [1.29, 1.82) is 0 Å². The Morgan fingerprint density at radius 3 is 1.00 bits per heavy atom. The van der Waals surface area contributed by atoms with Crippen LogP contribution in [0.1, 0.15) is 177 Å². The highest BCUT2D eigenvalue weighted by atomic mass is 32.2. The lowest BCUT2D eigenvalue weighted by Crippen LogP contribution is -2.48. The van der Waals surface area contributed by atoms with Crippen LogP contribution in [0.3, 0.4) is 0 Å². The number of aliphatic hydroxyl groups excluding tert-OH is 3. The molecule has 2 saturated carbocycles. The quantitative estimate of drug-likeness (QED) is 0.0255. The predicted molar refractivity (Wildman–Crippen MR) is 455 cm³/mol. The molecule has 9 aromatic rings. The largest absolute Gasteiger partial charge is 0.508 e. The molecule has 0 spiro atoms. The normalized spacial score (nSPS) is 17.0. The first-order chi connectivity index (χ1) is 53.4. The Bertz CT molecular complexity index is 4510. The van der Waals surface area contributed by atoms with Crippen molar-refractivity contribution in [3.63, 3.8) is 0 Å². The van der Waals surface area contributed by atoms with Gasteiger partial charge in [0.2, 0.25) is 20.0 Å². The van der Waals surface area contributed by atoms with E-state index in [9.17, 15) is 37.3 Å². The summed E-state index contributed by atoms with van der Waals surface area (Å²) in [5, 5.41) is 39.2. The van der Waals surface area contributed by atoms with Crippen LogP contribution in [0.15, 0.2) is 237 Å². The first kappa shape index (κ1) is 80.6. The second-order valence-corrected chi connectivity index (χ2v) is 34.1. The van der Waals surface area contributed by atoms with Crippen molar-refractivity contribution in [2.24, 2.45) is 0 Å². The Morgan fingerprint density at radius 1 is 0.373 bits per heavy atom. The van der Waals surface area contributed by atoms with Gasteiger partial charge in [0, 0.05) is 81.2 Å². The number of rotatable bonds is 28. The van der Waals surface area contributed by atoms with Gasteiger partial charge in [0.05, 0.1) is 12.5 Å². The third-order valence-electron chi connectivity index (χ3n) is 22.2. The van der Waals surface area contributed by atoms with Crippen LogP contribution >= 0.6 is 0 Å². The molecule has 0 amide bonds. The highest BCUT2D eigenvalue weighted by Gasteiger charge is 2.34. The number of phenols is 1. The Kier molecular flexibility index (Phi) is 28.4. The average molecular weight is 1520 g/mol. The zero-order chi connectivity index (χ0) is 77.0. The minimum atomic E-state index is -3.36. The first-order valence-electron chi connectivity index (χ1n) is 39.8. The molecule has 0 radical (unpaired) electrons. The van der Waals surface area contributed by atoms with Crippen molar-refractivity contribution in [3.8, 4) is 5.75 Å². The second-order valence-electron chi connectivity index (χ2n) is 30.6. The average Bonchev–Trinajstić information content (AvgIpc) is 1.75. The summed E-state index contributed by atoms with van der Waals surface area (Å²) < 4.78 is 52.0. The van der Waals surface area contributed by atoms with Crippen molar-refractivity contribution >= 4 is 70.5 Å². The van der Waals surface area contributed by atoms with E-state index >= 15 is 0 Å². The van der Waals surface area contributed by atoms with Gasteiger partial charge >= 0.3 is 0 Å². The molecule has 5 fully saturated rings. The lowest BCUT2D eigenvalue weighted by Gasteiger charge is -2.38. The van der Waals surface area contributed by atoms with E-state index in [1.165, 1.54) is 106 Å². The van der Waals surface area contributed by atoms with Gasteiger partial charge in [-0.3, -0.25) is 14.3 Å². The van der Waals surface area contributed by atoms with Gasteiger partial charge in [0.25, 0.3) is 0 Å². The molecule has 6 N–H and O–H groups in total. The molecule has 14 rings (SSSR count). The van der Waals surface area contributed by atoms with E-state index in [0.29, 0.717) is 48.5 Å². The molecule has 3 saturated heterocycles. The molecule has 0 unspecified atom stereocenters. The lowest BCUT2D eigenvalue weighted by atomic mass is 9.85. The fraction of sp³-hybridized carbons (Fsp3) is 0.362. The molecule has 3 aliphatic heterocycles. The summed E-state index contributed by atoms with van der Waals surface area (Å²) >= 11 is 0. The predicted octanol–water partition coefficient (Wildman–Crippen LogP) is 17.9. The number of benzene rings is 9. The highest BCUT2D eigenvalue weighted by molar-refractivity contribution is 7.92. The number of nitrogens with zero attached hydrogens (tertiary/aromatic N) is 4. The van der Waals surface area contributed by atoms with Crippen molar-refractivity contribution < 1.29 is 37.3 Å². The second kappa shape index (κ2) is 38.8. The summed E-state index contributed by atoms with van der Waals surface area (Å²) in [6, 6.07) is 82.9. The molecule has 14 nitrogen and oxygen atoms in total. The van der Waals surface area contributed by atoms with E-state index in [1.54, 1.807) is 18.2 Å². The number of hydrogen-bond donors (Lipinski definition) is 6. The fourth-order valence-electron chi connectivity index (χ4n) is 16.2. The van der Waals surface area contributed by atoms with E-state index in [2.05, 4.69) is 170 Å². The first-order valence-corrected chi connectivity index (χ1v) is 43.6. The number of allylic oxidation sites excluding steroid dienone is 3. The SMILES string of the molecule is CC(C)N1CCN(c2ccc(/C(=C(/CCCO)c3ccccc3)c3ccc(NS(C)(=O)=O)cc3)cc2)CC1.CS(=O)(=O)Nc1ccc(/C(=C(\CCCO)c2ccccc2)c2ccc(C3CCN(C4CC4)CC3)cc2)cc1.OCCC/C(=C(/c1ccc(C2CCN(C3CC3)CC2)cc1)c1cccc(O)c1)c1ccccc1. The number of piperazine rings is 1. The molecular weight excluding hydrogens is 1410 g/mol. The van der Waals surface area contributed by atoms with E-state index in [4.69, 9.17) is 0 Å². The van der Waals surface area contributed by atoms with Crippen molar-refractivity contribution in [1.82, 2.24) is 14.7 Å². The van der Waals surface area contributed by atoms with Gasteiger partial charge in [-0.2, -0.15) is 0 Å². The van der Waals surface area contributed by atoms with Gasteiger partial charge in [0.15, 0.2) is 0 Å². The van der Waals surface area contributed by atoms with Crippen LogP contribution in [0.4, 0.5) is 17.1 Å². The number of likely N-dealkylation sites (tertiary alicyclic amines) is 2. The summed E-state index contributed by atoms with van der Waals surface area (Å²) in [5.41, 5.74) is 21.8. The van der Waals surface area contributed by atoms with Crippen molar-refractivity contribution in [2.75, 3.05) is 99.0 Å². The van der Waals surface area contributed by atoms with E-state index in [-0.39, 0.29) is 25.6 Å². The van der Waals surface area contributed by atoms with Crippen LogP contribution in [0, 0.1) is 0 Å². The van der Waals surface area contributed by atoms with Crippen molar-refractivity contribution in [3.05, 3.63) is 298 Å². The molecule has 5 aliphatic rings. The maximum Gasteiger partial charge on any atom is 0.229 e. The zero-order valence-corrected chi connectivity index (χ0v) is 66.2. The Balaban J connectivity index is 0.000000154. The number of hydrogen-bond acceptors (Lipinski definition) is 12. The summed E-state index contributed by atoms with van der Waals surface area (Å²) in [6.07, 6.45) is 17.0. The summed E-state index contributed by atoms with van der Waals surface area (Å²) in [7, 11) is -6.70. The highest BCUT2D eigenvalue weighted by Crippen LogP contribution is 2.43. The number of nitrogens with one attached hydrogen (secondary N) is 2. The van der Waals surface area contributed by atoms with Gasteiger partial charge in [-0.1, -0.05) is 188 Å². The third-order valence-corrected chi connectivity index (χ3v) is 23.4. The molecule has 0 bridgehead atoms. The van der Waals surface area contributed by atoms with Gasteiger partial charge in [0.1, 0.15) is 5.75 Å². The molecule has 16 heteroatoms. The smallest absolute Gasteiger partial charge is 0.229 e. The maximum atomic E-state index is 11.7. The van der Waals surface area contributed by atoms with Crippen LogP contribution in [0.5, 0.6) is 5.75 Å². The van der Waals surface area contributed by atoms with Crippen LogP contribution < -0.4 is 14.3 Å². The topological polar surface area (TPSA) is 186 Å². The van der Waals surface area contributed by atoms with Gasteiger partial charge in [-0.25, -0.2) is 16.8 Å². The molecule has 3 heterocycles. The van der Waals surface area contributed by atoms with E-state index in [1.807, 2.05) is 91.0 Å². The molecule has 0 atom stereocenters. The molecule has 2 aliphatic carbocycles. The number of aliphatic hydroxyl groups is 3. The monoisotopic (exact) mass is 1520 g/mol. The number of aromatic hydroxyl groups is 1. The van der Waals surface area contributed by atoms with Gasteiger partial charge in [-0.15, -0.1) is 0 Å². The number of phenolic OH excluding ortho intramolecular Hbond substituents is 1. The summed E-state index contributed by atoms with van der Waals surface area (Å²) in [6.45, 7) is 13.9. The number of sulfonamides is 2. The Hall–Kier alpha value is -8.94. The number of anilines is 3. The minimum Gasteiger partial charge on any atom is -0.508 e. The lowest BCUT2D eigenvalue weighted by molar-refractivity contribution is 0.203. The van der Waals surface area contributed by atoms with Crippen LogP contribution in [0.2, 0.25) is 0 Å². The van der Waals surface area contributed by atoms with Crippen LogP contribution in [0.25, 0.3) is 33.4 Å². The van der Waals surface area contributed by atoms with Crippen LogP contribution in [-0.2, 0) is 20.0 Å². The fourth-order valence-corrected chi connectivity index (χ4v) is 17.4. The van der Waals surface area contributed by atoms with Crippen LogP contribution in [-0.4, -0.2) is 155 Å². The molecule has 578 valence electrons. The molecule has 110 heavy (non-hydrogen) atoms. The Morgan fingerprint density at radius 2 is 0.691 bits per heavy atom. The molecule has 9 aromatic carbocycles. The zero-order valence-electron chi connectivity index (χ0n) is 64.6. The Labute approximate surface area is 654 Å². The third kappa shape index (κ3) is 22.7. The van der Waals surface area contributed by atoms with Gasteiger partial charge in [-0.05, 0) is 285 Å². The van der Waals surface area contributed by atoms with Gasteiger partial charge < -0.3 is 35.1 Å². The summed E-state index contributed by atoms with van der Waals surface area (Å²) in [5.74, 6) is 1.51. The summed E-state index contributed by atoms with van der Waals surface area (Å²) in [4.78, 5) is 10.3. The number of piperidine rings is 2. The molecule has 0 aromatic heterocycles. The standard InChI is InChI=1S/C32H38N2O3S.C31H39N3O3S.C31H35NO2/c1-38(36,37)33-29-15-13-28(14-16-29)32(31(8-5-23-35)26-6-3-2-4-7-26)27-11-9-24(10-12-27)25-19-21-34(22-20-25)30-17-18-30;1-24(2)33-19-21-34(22-20-33)29-17-13-27(14-18-29)31(26-11-15-28(16-12-26)32-38(3,36)37)30(10-7-23-35)25-8-5-4-6-9-25;33-21-5-10-30(25-6-2-1-3-7-25)31(27-8-4-9-29(34)22-27)26-13-11-23(12-14-26)24-17-19-32(20-18-24)28-15-16-28/h2-4,6-7,9-16,25,30,33,35H,5,8,17-23H2,1H3;4-6,8-9,11-18,24,32,35H,7,10,19-23H2,1-3H3;1-4,6-9,11-14,22,24,28,33-34H,5,10,15-21H2/b32-31+;31-30-;31-30+. The molecular formula is C94H112N6O8S2. The van der Waals surface area contributed by atoms with E-state index in [0.717, 1.165) is 142 Å². The van der Waals surface area contributed by atoms with E-state index < -0.39 is 20.0 Å². The minimum absolute atomic E-state index is 0.113. The maximum absolute atomic E-state index is 11.7. The van der Waals surface area contributed by atoms with Crippen molar-refractivity contribution in [2.45, 2.75) is 134 Å².